The largest absolute Gasteiger partial charge is 0.390 e. The third-order valence-corrected chi connectivity index (χ3v) is 3.98. The summed E-state index contributed by atoms with van der Waals surface area (Å²) in [5.74, 6) is -3.07. The van der Waals surface area contributed by atoms with E-state index in [-0.39, 0.29) is 4.90 Å². The fourth-order valence-electron chi connectivity index (χ4n) is 1.28. The molecule has 19 heavy (non-hydrogen) atoms. The second kappa shape index (κ2) is 6.60. The molecule has 0 aliphatic rings. The third kappa shape index (κ3) is 5.02. The van der Waals surface area contributed by atoms with Crippen LogP contribution < -0.4 is 4.72 Å². The van der Waals surface area contributed by atoms with Crippen LogP contribution >= 0.6 is 11.6 Å². The molecule has 0 spiro atoms. The monoisotopic (exact) mass is 313 g/mol. The highest BCUT2D eigenvalue weighted by Gasteiger charge is 2.30. The highest BCUT2D eigenvalue weighted by Crippen LogP contribution is 2.14. The van der Waals surface area contributed by atoms with Crippen molar-refractivity contribution in [3.05, 3.63) is 29.8 Å². The Balaban J connectivity index is 2.77. The normalized spacial score (nSPS) is 12.6. The summed E-state index contributed by atoms with van der Waals surface area (Å²) in [6, 6.07) is 5.78. The van der Waals surface area contributed by atoms with Gasteiger partial charge in [-0.1, -0.05) is 12.1 Å². The summed E-state index contributed by atoms with van der Waals surface area (Å²) >= 11 is 5.54. The minimum absolute atomic E-state index is 0.112. The molecule has 0 aliphatic carbocycles. The zero-order chi connectivity index (χ0) is 14.5. The van der Waals surface area contributed by atoms with Gasteiger partial charge in [-0.3, -0.25) is 0 Å². The third-order valence-electron chi connectivity index (χ3n) is 2.37. The first-order valence-electron chi connectivity index (χ1n) is 5.44. The lowest BCUT2D eigenvalue weighted by Gasteiger charge is -2.14. The van der Waals surface area contributed by atoms with Crippen molar-refractivity contribution in [3.8, 4) is 0 Å². The van der Waals surface area contributed by atoms with Gasteiger partial charge in [-0.05, 0) is 24.1 Å². The Labute approximate surface area is 115 Å². The van der Waals surface area contributed by atoms with Gasteiger partial charge < -0.3 is 5.11 Å². The lowest BCUT2D eigenvalue weighted by atomic mass is 10.2. The van der Waals surface area contributed by atoms with Crippen LogP contribution in [0.3, 0.4) is 0 Å². The maximum absolute atomic E-state index is 12.8. The van der Waals surface area contributed by atoms with E-state index < -0.39 is 29.1 Å². The van der Waals surface area contributed by atoms with Crippen molar-refractivity contribution < 1.29 is 22.3 Å². The molecule has 0 fully saturated rings. The van der Waals surface area contributed by atoms with Crippen molar-refractivity contribution in [1.82, 2.24) is 4.72 Å². The molecule has 1 aromatic rings. The van der Waals surface area contributed by atoms with Gasteiger partial charge in [0.05, 0.1) is 11.4 Å². The molecule has 8 heteroatoms. The van der Waals surface area contributed by atoms with Gasteiger partial charge in [0, 0.05) is 5.88 Å². The van der Waals surface area contributed by atoms with Crippen LogP contribution in [-0.4, -0.2) is 38.5 Å². The molecule has 0 unspecified atom stereocenters. The molecule has 0 heterocycles. The molecule has 0 amide bonds. The van der Waals surface area contributed by atoms with E-state index >= 15 is 0 Å². The summed E-state index contributed by atoms with van der Waals surface area (Å²) < 4.78 is 50.7. The molecule has 2 N–H and O–H groups in total. The predicted octanol–water partition coefficient (Wildman–Crippen LogP) is 1.37. The Bertz CT molecular complexity index is 505. The average Bonchev–Trinajstić information content (AvgIpc) is 2.38. The van der Waals surface area contributed by atoms with Gasteiger partial charge in [0.1, 0.15) is 6.61 Å². The van der Waals surface area contributed by atoms with Crippen molar-refractivity contribution in [2.45, 2.75) is 17.2 Å². The standard InChI is InChI=1S/C11H14ClF2NO3S/c12-6-5-9-1-3-10(4-2-9)19(17,18)15-7-11(13,14)8-16/h1-4,15-16H,5-8H2. The van der Waals surface area contributed by atoms with Crippen LogP contribution in [-0.2, 0) is 16.4 Å². The highest BCUT2D eigenvalue weighted by atomic mass is 35.5. The molecule has 1 aromatic carbocycles. The first kappa shape index (κ1) is 16.3. The van der Waals surface area contributed by atoms with Gasteiger partial charge in [-0.25, -0.2) is 21.9 Å². The van der Waals surface area contributed by atoms with Gasteiger partial charge in [-0.2, -0.15) is 0 Å². The Morgan fingerprint density at radius 3 is 2.32 bits per heavy atom. The fourth-order valence-corrected chi connectivity index (χ4v) is 2.56. The molecule has 0 radical (unpaired) electrons. The second-order valence-corrected chi connectivity index (χ2v) is 6.07. The van der Waals surface area contributed by atoms with Crippen molar-refractivity contribution in [1.29, 1.82) is 0 Å². The van der Waals surface area contributed by atoms with Gasteiger partial charge in [-0.15, -0.1) is 11.6 Å². The summed E-state index contributed by atoms with van der Waals surface area (Å²) in [5.41, 5.74) is 0.856. The summed E-state index contributed by atoms with van der Waals surface area (Å²) in [6.07, 6.45) is 0.595. The van der Waals surface area contributed by atoms with Crippen LogP contribution in [0.1, 0.15) is 5.56 Å². The number of aryl methyl sites for hydroxylation is 1. The molecule has 0 aliphatic heterocycles. The summed E-state index contributed by atoms with van der Waals surface area (Å²) in [7, 11) is -4.01. The fraction of sp³-hybridized carbons (Fsp3) is 0.455. The molecule has 0 atom stereocenters. The van der Waals surface area contributed by atoms with Crippen molar-refractivity contribution in [2.75, 3.05) is 19.0 Å². The topological polar surface area (TPSA) is 66.4 Å². The number of nitrogens with one attached hydrogen (secondary N) is 1. The summed E-state index contributed by atoms with van der Waals surface area (Å²) in [4.78, 5) is -0.112. The van der Waals surface area contributed by atoms with Crippen LogP contribution in [0.25, 0.3) is 0 Å². The quantitative estimate of drug-likeness (QED) is 0.747. The first-order valence-corrected chi connectivity index (χ1v) is 7.46. The number of aliphatic hydroxyl groups is 1. The Morgan fingerprint density at radius 1 is 1.26 bits per heavy atom. The van der Waals surface area contributed by atoms with Crippen molar-refractivity contribution in [2.24, 2.45) is 0 Å². The average molecular weight is 314 g/mol. The van der Waals surface area contributed by atoms with Gasteiger partial charge in [0.2, 0.25) is 10.0 Å². The smallest absolute Gasteiger partial charge is 0.283 e. The number of hydrogen-bond donors (Lipinski definition) is 2. The van der Waals surface area contributed by atoms with Gasteiger partial charge in [0.15, 0.2) is 0 Å². The minimum Gasteiger partial charge on any atom is -0.390 e. The number of aliphatic hydroxyl groups excluding tert-OH is 1. The first-order chi connectivity index (χ1) is 8.80. The molecule has 0 aromatic heterocycles. The lowest BCUT2D eigenvalue weighted by Crippen LogP contribution is -2.38. The Kier molecular flexibility index (Phi) is 5.66. The van der Waals surface area contributed by atoms with E-state index in [0.717, 1.165) is 5.56 Å². The van der Waals surface area contributed by atoms with Crippen LogP contribution in [0.2, 0.25) is 0 Å². The van der Waals surface area contributed by atoms with E-state index in [1.807, 2.05) is 0 Å². The van der Waals surface area contributed by atoms with Gasteiger partial charge in [0.25, 0.3) is 5.92 Å². The van der Waals surface area contributed by atoms with E-state index in [1.165, 1.54) is 12.1 Å². The zero-order valence-electron chi connectivity index (χ0n) is 9.94. The van der Waals surface area contributed by atoms with Crippen LogP contribution in [0, 0.1) is 0 Å². The maximum atomic E-state index is 12.8. The van der Waals surface area contributed by atoms with E-state index in [9.17, 15) is 17.2 Å². The number of sulfonamides is 1. The molecule has 0 bridgehead atoms. The van der Waals surface area contributed by atoms with Crippen LogP contribution in [0.5, 0.6) is 0 Å². The Morgan fingerprint density at radius 2 is 1.84 bits per heavy atom. The number of rotatable bonds is 7. The second-order valence-electron chi connectivity index (χ2n) is 3.92. The highest BCUT2D eigenvalue weighted by molar-refractivity contribution is 7.89. The molecular weight excluding hydrogens is 300 g/mol. The number of halogens is 3. The minimum atomic E-state index is -4.01. The van der Waals surface area contributed by atoms with E-state index in [4.69, 9.17) is 16.7 Å². The van der Waals surface area contributed by atoms with E-state index in [1.54, 1.807) is 16.9 Å². The molecule has 0 saturated heterocycles. The Hall–Kier alpha value is -0.760. The zero-order valence-corrected chi connectivity index (χ0v) is 11.5. The van der Waals surface area contributed by atoms with Crippen LogP contribution in [0.15, 0.2) is 29.2 Å². The summed E-state index contributed by atoms with van der Waals surface area (Å²) in [5, 5.41) is 8.36. The molecule has 108 valence electrons. The summed E-state index contributed by atoms with van der Waals surface area (Å²) in [6.45, 7) is -2.56. The molecule has 1 rings (SSSR count). The molecule has 0 saturated carbocycles. The SMILES string of the molecule is O=S(=O)(NCC(F)(F)CO)c1ccc(CCCl)cc1. The molecule has 4 nitrogen and oxygen atoms in total. The number of hydrogen-bond acceptors (Lipinski definition) is 3. The van der Waals surface area contributed by atoms with E-state index in [0.29, 0.717) is 12.3 Å². The maximum Gasteiger partial charge on any atom is 0.283 e. The van der Waals surface area contributed by atoms with Gasteiger partial charge >= 0.3 is 0 Å². The van der Waals surface area contributed by atoms with Crippen molar-refractivity contribution in [3.63, 3.8) is 0 Å². The number of alkyl halides is 3. The van der Waals surface area contributed by atoms with Crippen LogP contribution in [0.4, 0.5) is 8.78 Å². The molecular formula is C11H14ClF2NO3S. The van der Waals surface area contributed by atoms with Crippen molar-refractivity contribution >= 4 is 21.6 Å². The predicted molar refractivity (Wildman–Crippen MR) is 68.1 cm³/mol. The van der Waals surface area contributed by atoms with E-state index in [2.05, 4.69) is 0 Å². The number of benzene rings is 1. The lowest BCUT2D eigenvalue weighted by molar-refractivity contribution is -0.0437.